The molecule has 3 heterocycles. The van der Waals surface area contributed by atoms with Crippen LogP contribution in [0.4, 0.5) is 0 Å². The number of carbonyl (C=O) groups is 1. The van der Waals surface area contributed by atoms with Crippen molar-refractivity contribution in [2.75, 3.05) is 39.3 Å². The summed E-state index contributed by atoms with van der Waals surface area (Å²) in [7, 11) is -3.50. The number of rotatable bonds is 5. The lowest BCUT2D eigenvalue weighted by atomic mass is 10.2. The molecule has 1 aromatic heterocycles. The van der Waals surface area contributed by atoms with Crippen LogP contribution in [0.2, 0.25) is 0 Å². The Morgan fingerprint density at radius 2 is 1.81 bits per heavy atom. The van der Waals surface area contributed by atoms with E-state index in [2.05, 4.69) is 0 Å². The molecule has 0 spiro atoms. The van der Waals surface area contributed by atoms with Crippen LogP contribution >= 0.6 is 11.3 Å². The minimum absolute atomic E-state index is 0.101. The highest BCUT2D eigenvalue weighted by atomic mass is 32.2. The summed E-state index contributed by atoms with van der Waals surface area (Å²) in [6.07, 6.45) is 1.02. The van der Waals surface area contributed by atoms with Crippen molar-refractivity contribution >= 4 is 27.5 Å². The van der Waals surface area contributed by atoms with Gasteiger partial charge in [0, 0.05) is 50.6 Å². The number of thiophene rings is 1. The highest BCUT2D eigenvalue weighted by molar-refractivity contribution is 7.86. The maximum Gasteiger partial charge on any atom is 0.282 e. The molecule has 1 amide bonds. The minimum atomic E-state index is -3.50. The van der Waals surface area contributed by atoms with Gasteiger partial charge in [-0.05, 0) is 31.7 Å². The first kappa shape index (κ1) is 19.8. The fraction of sp³-hybridized carbons (Fsp3) is 0.706. The maximum absolute atomic E-state index is 12.9. The van der Waals surface area contributed by atoms with Gasteiger partial charge in [0.05, 0.1) is 12.2 Å². The predicted molar refractivity (Wildman–Crippen MR) is 101 cm³/mol. The van der Waals surface area contributed by atoms with E-state index in [1.54, 1.807) is 16.2 Å². The largest absolute Gasteiger partial charge is 0.373 e. The van der Waals surface area contributed by atoms with Crippen molar-refractivity contribution in [2.24, 2.45) is 0 Å². The lowest BCUT2D eigenvalue weighted by Gasteiger charge is -2.40. The van der Waals surface area contributed by atoms with Gasteiger partial charge in [0.25, 0.3) is 10.2 Å². The number of nitrogens with zero attached hydrogens (tertiary/aromatic N) is 3. The second kappa shape index (κ2) is 8.35. The van der Waals surface area contributed by atoms with E-state index < -0.39 is 10.2 Å². The molecule has 2 aliphatic rings. The number of ether oxygens (including phenoxy) is 1. The van der Waals surface area contributed by atoms with E-state index >= 15 is 0 Å². The predicted octanol–water partition coefficient (Wildman–Crippen LogP) is 1.18. The fourth-order valence-electron chi connectivity index (χ4n) is 3.49. The summed E-state index contributed by atoms with van der Waals surface area (Å²) in [6, 6.07) is 4.02. The first-order chi connectivity index (χ1) is 12.4. The van der Waals surface area contributed by atoms with E-state index in [0.29, 0.717) is 45.7 Å². The third-order valence-corrected chi connectivity index (χ3v) is 7.70. The van der Waals surface area contributed by atoms with Gasteiger partial charge in [-0.1, -0.05) is 6.07 Å². The van der Waals surface area contributed by atoms with Crippen LogP contribution in [0.15, 0.2) is 17.5 Å². The number of piperazine rings is 1. The second-order valence-corrected chi connectivity index (χ2v) is 9.90. The van der Waals surface area contributed by atoms with Crippen molar-refractivity contribution in [1.82, 2.24) is 13.5 Å². The third kappa shape index (κ3) is 4.64. The van der Waals surface area contributed by atoms with Crippen molar-refractivity contribution in [2.45, 2.75) is 38.9 Å². The Morgan fingerprint density at radius 1 is 1.15 bits per heavy atom. The Bertz CT molecular complexity index is 690. The molecule has 0 unspecified atom stereocenters. The number of morpholine rings is 1. The average molecular weight is 402 g/mol. The molecule has 7 nitrogen and oxygen atoms in total. The maximum atomic E-state index is 12.9. The fourth-order valence-corrected chi connectivity index (χ4v) is 5.95. The summed E-state index contributed by atoms with van der Waals surface area (Å²) in [5.41, 5.74) is 0. The summed E-state index contributed by atoms with van der Waals surface area (Å²) in [5.74, 6) is 0.101. The molecule has 0 aromatic carbocycles. The number of amides is 1. The van der Waals surface area contributed by atoms with Crippen LogP contribution in [0.1, 0.15) is 25.1 Å². The van der Waals surface area contributed by atoms with Crippen molar-refractivity contribution in [3.8, 4) is 0 Å². The van der Waals surface area contributed by atoms with Crippen LogP contribution in [-0.2, 0) is 26.2 Å². The van der Waals surface area contributed by atoms with Gasteiger partial charge in [-0.25, -0.2) is 0 Å². The molecule has 146 valence electrons. The van der Waals surface area contributed by atoms with E-state index in [1.165, 1.54) is 13.5 Å². The molecule has 2 aliphatic heterocycles. The highest BCUT2D eigenvalue weighted by Crippen LogP contribution is 2.19. The molecule has 2 saturated heterocycles. The van der Waals surface area contributed by atoms with E-state index in [1.807, 2.05) is 31.4 Å². The highest BCUT2D eigenvalue weighted by Gasteiger charge is 2.37. The molecule has 3 rings (SSSR count). The molecule has 2 fully saturated rings. The molecule has 0 N–H and O–H groups in total. The van der Waals surface area contributed by atoms with Crippen molar-refractivity contribution in [3.05, 3.63) is 22.4 Å². The van der Waals surface area contributed by atoms with Gasteiger partial charge in [0.1, 0.15) is 0 Å². The summed E-state index contributed by atoms with van der Waals surface area (Å²) in [4.78, 5) is 15.4. The van der Waals surface area contributed by atoms with Crippen LogP contribution in [0.3, 0.4) is 0 Å². The Labute approximate surface area is 159 Å². The molecular weight excluding hydrogens is 374 g/mol. The van der Waals surface area contributed by atoms with Crippen LogP contribution < -0.4 is 0 Å². The molecule has 0 radical (unpaired) electrons. The van der Waals surface area contributed by atoms with E-state index in [-0.39, 0.29) is 18.1 Å². The van der Waals surface area contributed by atoms with Crippen molar-refractivity contribution < 1.29 is 17.9 Å². The van der Waals surface area contributed by atoms with Crippen LogP contribution in [0.25, 0.3) is 0 Å². The SMILES string of the molecule is C[C@H]1CN(S(=O)(=O)N2CCN(C(=O)CCc3cccs3)CC2)C[C@H](C)O1. The first-order valence-electron chi connectivity index (χ1n) is 9.07. The molecule has 0 aliphatic carbocycles. The zero-order valence-electron chi connectivity index (χ0n) is 15.3. The summed E-state index contributed by atoms with van der Waals surface area (Å²) in [6.45, 7) is 6.17. The standard InChI is InChI=1S/C17H27N3O4S2/c1-14-12-20(13-15(2)24-14)26(22,23)19-9-7-18(8-10-19)17(21)6-5-16-4-3-11-25-16/h3-4,11,14-15H,5-10,12-13H2,1-2H3/t14-,15-/m0/s1. The van der Waals surface area contributed by atoms with Gasteiger partial charge in [-0.2, -0.15) is 17.0 Å². The molecule has 1 aromatic rings. The monoisotopic (exact) mass is 401 g/mol. The van der Waals surface area contributed by atoms with E-state index in [0.717, 1.165) is 6.42 Å². The quantitative estimate of drug-likeness (QED) is 0.743. The van der Waals surface area contributed by atoms with E-state index in [9.17, 15) is 13.2 Å². The van der Waals surface area contributed by atoms with Crippen LogP contribution in [0.5, 0.6) is 0 Å². The lowest BCUT2D eigenvalue weighted by Crippen LogP contribution is -2.57. The Kier molecular flexibility index (Phi) is 6.34. The molecule has 26 heavy (non-hydrogen) atoms. The minimum Gasteiger partial charge on any atom is -0.373 e. The number of hydrogen-bond acceptors (Lipinski definition) is 5. The Morgan fingerprint density at radius 3 is 2.38 bits per heavy atom. The van der Waals surface area contributed by atoms with E-state index in [4.69, 9.17) is 4.74 Å². The smallest absolute Gasteiger partial charge is 0.282 e. The molecule has 2 atom stereocenters. The lowest BCUT2D eigenvalue weighted by molar-refractivity contribution is -0.132. The summed E-state index contributed by atoms with van der Waals surface area (Å²) < 4.78 is 34.4. The Hall–Kier alpha value is -1.00. The first-order valence-corrected chi connectivity index (χ1v) is 11.3. The summed E-state index contributed by atoms with van der Waals surface area (Å²) >= 11 is 1.66. The summed E-state index contributed by atoms with van der Waals surface area (Å²) in [5, 5.41) is 2.01. The molecule has 9 heteroatoms. The number of hydrogen-bond donors (Lipinski definition) is 0. The zero-order valence-corrected chi connectivity index (χ0v) is 17.0. The van der Waals surface area contributed by atoms with Crippen molar-refractivity contribution in [3.63, 3.8) is 0 Å². The zero-order chi connectivity index (χ0) is 18.7. The average Bonchev–Trinajstić information content (AvgIpc) is 3.12. The van der Waals surface area contributed by atoms with Gasteiger partial charge in [-0.3, -0.25) is 4.79 Å². The normalized spacial score (nSPS) is 26.2. The third-order valence-electron chi connectivity index (χ3n) is 4.80. The van der Waals surface area contributed by atoms with Crippen LogP contribution in [-0.4, -0.2) is 79.3 Å². The molecule has 0 bridgehead atoms. The number of carbonyl (C=O) groups excluding carboxylic acids is 1. The van der Waals surface area contributed by atoms with Gasteiger partial charge in [0.15, 0.2) is 0 Å². The topological polar surface area (TPSA) is 70.2 Å². The second-order valence-electron chi connectivity index (χ2n) is 6.94. The Balaban J connectivity index is 1.51. The number of aryl methyl sites for hydroxylation is 1. The van der Waals surface area contributed by atoms with Gasteiger partial charge < -0.3 is 9.64 Å². The van der Waals surface area contributed by atoms with Crippen molar-refractivity contribution in [1.29, 1.82) is 0 Å². The van der Waals surface area contributed by atoms with Gasteiger partial charge in [-0.15, -0.1) is 11.3 Å². The molecular formula is C17H27N3O4S2. The molecule has 0 saturated carbocycles. The van der Waals surface area contributed by atoms with Gasteiger partial charge >= 0.3 is 0 Å². The van der Waals surface area contributed by atoms with Gasteiger partial charge in [0.2, 0.25) is 5.91 Å². The van der Waals surface area contributed by atoms with Crippen LogP contribution in [0, 0.1) is 0 Å².